The molecule has 0 aliphatic rings. The molecule has 0 fully saturated rings. The van der Waals surface area contributed by atoms with Gasteiger partial charge in [-0.1, -0.05) is 38.5 Å². The van der Waals surface area contributed by atoms with Gasteiger partial charge in [0.2, 0.25) is 0 Å². The molecule has 154 valence electrons. The Balaban J connectivity index is 2.42. The zero-order valence-corrected chi connectivity index (χ0v) is 18.6. The minimum Gasteiger partial charge on any atom is -0.322 e. The monoisotopic (exact) mass is 397 g/mol. The van der Waals surface area contributed by atoms with Crippen molar-refractivity contribution in [2.75, 3.05) is 0 Å². The van der Waals surface area contributed by atoms with Crippen LogP contribution in [0.25, 0.3) is 23.7 Å². The van der Waals surface area contributed by atoms with E-state index in [1.165, 1.54) is 0 Å². The van der Waals surface area contributed by atoms with Crippen LogP contribution in [0.2, 0.25) is 0 Å². The zero-order chi connectivity index (χ0) is 22.4. The smallest absolute Gasteiger partial charge is 0.141 e. The van der Waals surface area contributed by atoms with Crippen molar-refractivity contribution in [3.63, 3.8) is 0 Å². The molecule has 0 N–H and O–H groups in total. The van der Waals surface area contributed by atoms with Crippen molar-refractivity contribution in [2.24, 2.45) is 4.99 Å². The summed E-state index contributed by atoms with van der Waals surface area (Å²) in [6.45, 7) is 29.3. The van der Waals surface area contributed by atoms with Crippen molar-refractivity contribution in [3.05, 3.63) is 101 Å². The summed E-state index contributed by atoms with van der Waals surface area (Å²) in [6, 6.07) is 3.98. The molecule has 0 amide bonds. The third kappa shape index (κ3) is 5.12. The van der Waals surface area contributed by atoms with Crippen molar-refractivity contribution in [2.45, 2.75) is 34.2 Å². The predicted molar refractivity (Wildman–Crippen MR) is 133 cm³/mol. The molecule has 0 aliphatic heterocycles. The van der Waals surface area contributed by atoms with Gasteiger partial charge in [0.1, 0.15) is 5.65 Å². The van der Waals surface area contributed by atoms with Crippen LogP contribution in [0.3, 0.4) is 0 Å². The Morgan fingerprint density at radius 3 is 2.43 bits per heavy atom. The fourth-order valence-electron chi connectivity index (χ4n) is 3.06. The van der Waals surface area contributed by atoms with E-state index >= 15 is 0 Å². The van der Waals surface area contributed by atoms with Gasteiger partial charge in [-0.2, -0.15) is 0 Å². The first-order valence-corrected chi connectivity index (χ1v) is 9.86. The second kappa shape index (κ2) is 9.84. The maximum atomic E-state index is 4.52. The first kappa shape index (κ1) is 22.8. The van der Waals surface area contributed by atoms with Gasteiger partial charge >= 0.3 is 0 Å². The normalized spacial score (nSPS) is 12.7. The van der Waals surface area contributed by atoms with Gasteiger partial charge in [-0.3, -0.25) is 4.99 Å². The van der Waals surface area contributed by atoms with Crippen LogP contribution in [0.1, 0.15) is 27.7 Å². The maximum Gasteiger partial charge on any atom is 0.141 e. The minimum absolute atomic E-state index is 0.651. The zero-order valence-electron chi connectivity index (χ0n) is 18.6. The van der Waals surface area contributed by atoms with Crippen molar-refractivity contribution < 1.29 is 0 Å². The second-order valence-corrected chi connectivity index (χ2v) is 7.52. The van der Waals surface area contributed by atoms with Gasteiger partial charge in [-0.15, -0.1) is 6.58 Å². The number of allylic oxidation sites excluding steroid dienone is 7. The lowest BCUT2D eigenvalue weighted by atomic mass is 9.98. The Morgan fingerprint density at radius 2 is 1.80 bits per heavy atom. The van der Waals surface area contributed by atoms with Crippen LogP contribution in [0.15, 0.2) is 95.9 Å². The quantitative estimate of drug-likeness (QED) is 0.333. The van der Waals surface area contributed by atoms with E-state index in [9.17, 15) is 0 Å². The molecule has 0 aliphatic carbocycles. The fourth-order valence-corrected chi connectivity index (χ4v) is 3.06. The van der Waals surface area contributed by atoms with E-state index in [4.69, 9.17) is 0 Å². The summed E-state index contributed by atoms with van der Waals surface area (Å²) >= 11 is 0. The lowest BCUT2D eigenvalue weighted by Crippen LogP contribution is -2.27. The number of aromatic nitrogens is 2. The second-order valence-electron chi connectivity index (χ2n) is 7.52. The number of hydrogen-bond acceptors (Lipinski definition) is 2. The molecule has 0 bridgehead atoms. The Bertz CT molecular complexity index is 1220. The molecule has 2 rings (SSSR count). The van der Waals surface area contributed by atoms with Crippen molar-refractivity contribution in [1.29, 1.82) is 0 Å². The lowest BCUT2D eigenvalue weighted by molar-refractivity contribution is 0.822. The highest BCUT2D eigenvalue weighted by Crippen LogP contribution is 2.20. The molecule has 0 spiro atoms. The number of rotatable bonds is 8. The van der Waals surface area contributed by atoms with Gasteiger partial charge < -0.3 is 4.57 Å². The molecule has 2 aromatic heterocycles. The largest absolute Gasteiger partial charge is 0.322 e. The molecular weight excluding hydrogens is 366 g/mol. The summed E-state index contributed by atoms with van der Waals surface area (Å²) in [5.74, 6) is 0. The van der Waals surface area contributed by atoms with Crippen LogP contribution in [0.5, 0.6) is 0 Å². The van der Waals surface area contributed by atoms with Crippen molar-refractivity contribution in [3.8, 4) is 0 Å². The van der Waals surface area contributed by atoms with E-state index in [1.807, 2.05) is 64.3 Å². The molecule has 0 atom stereocenters. The molecule has 0 saturated heterocycles. The topological polar surface area (TPSA) is 30.2 Å². The molecule has 2 heterocycles. The van der Waals surface area contributed by atoms with Crippen LogP contribution in [0, 0.1) is 0 Å². The van der Waals surface area contributed by atoms with Gasteiger partial charge in [0.15, 0.2) is 0 Å². The lowest BCUT2D eigenvalue weighted by Gasteiger charge is -2.08. The highest BCUT2D eigenvalue weighted by atomic mass is 15.0. The Labute approximate surface area is 179 Å². The van der Waals surface area contributed by atoms with Gasteiger partial charge in [0.25, 0.3) is 0 Å². The summed E-state index contributed by atoms with van der Waals surface area (Å²) in [4.78, 5) is 8.87. The van der Waals surface area contributed by atoms with E-state index in [1.54, 1.807) is 6.20 Å². The summed E-state index contributed by atoms with van der Waals surface area (Å²) < 4.78 is 2.05. The Hall–Kier alpha value is -3.46. The molecule has 0 radical (unpaired) electrons. The Morgan fingerprint density at radius 1 is 1.10 bits per heavy atom. The number of pyridine rings is 1. The number of aliphatic imine (C=N–C) groups is 1. The fraction of sp³-hybridized carbons (Fsp3) is 0.185. The van der Waals surface area contributed by atoms with Gasteiger partial charge in [-0.25, -0.2) is 4.98 Å². The van der Waals surface area contributed by atoms with E-state index in [0.717, 1.165) is 55.2 Å². The third-order valence-corrected chi connectivity index (χ3v) is 4.87. The van der Waals surface area contributed by atoms with Crippen LogP contribution >= 0.6 is 0 Å². The van der Waals surface area contributed by atoms with E-state index in [0.29, 0.717) is 6.54 Å². The van der Waals surface area contributed by atoms with Crippen LogP contribution in [-0.4, -0.2) is 15.3 Å². The van der Waals surface area contributed by atoms with E-state index < -0.39 is 0 Å². The van der Waals surface area contributed by atoms with Crippen molar-refractivity contribution >= 4 is 29.4 Å². The van der Waals surface area contributed by atoms with Gasteiger partial charge in [-0.05, 0) is 73.8 Å². The molecule has 30 heavy (non-hydrogen) atoms. The van der Waals surface area contributed by atoms with E-state index in [2.05, 4.69) is 47.4 Å². The summed E-state index contributed by atoms with van der Waals surface area (Å²) in [6.07, 6.45) is 9.50. The highest BCUT2D eigenvalue weighted by Gasteiger charge is 2.07. The van der Waals surface area contributed by atoms with Crippen LogP contribution < -0.4 is 10.6 Å². The van der Waals surface area contributed by atoms with Crippen molar-refractivity contribution in [1.82, 2.24) is 9.55 Å². The summed E-state index contributed by atoms with van der Waals surface area (Å²) in [7, 11) is 0. The SMILES string of the molecule is C=CCn1c(=C)/c(=C\C(=C)C(=C)/C=C(/C)C(=C)/C(C)=C/N=C(C)C)c2cccnc21. The molecule has 3 heteroatoms. The number of fused-ring (bicyclic) bond motifs is 1. The molecule has 2 aromatic rings. The third-order valence-electron chi connectivity index (χ3n) is 4.87. The van der Waals surface area contributed by atoms with Gasteiger partial charge in [0.05, 0.1) is 0 Å². The maximum absolute atomic E-state index is 4.52. The minimum atomic E-state index is 0.651. The summed E-state index contributed by atoms with van der Waals surface area (Å²) in [5, 5.41) is 2.92. The number of nitrogens with zero attached hydrogens (tertiary/aromatic N) is 3. The van der Waals surface area contributed by atoms with Gasteiger partial charge in [0, 0.05) is 40.6 Å². The van der Waals surface area contributed by atoms with Crippen LogP contribution in [-0.2, 0) is 6.54 Å². The predicted octanol–water partition coefficient (Wildman–Crippen LogP) is 5.41. The van der Waals surface area contributed by atoms with Crippen LogP contribution in [0.4, 0.5) is 0 Å². The molecule has 0 saturated carbocycles. The molecule has 0 aromatic carbocycles. The molecule has 3 nitrogen and oxygen atoms in total. The molecule has 0 unspecified atom stereocenters. The first-order chi connectivity index (χ1) is 14.2. The standard InChI is InChI=1S/C27H31N3/c1-10-14-30-24(9)26(25-12-11-13-28-27(25)30)16-20(5)19(4)15-21(6)23(8)22(7)17-29-18(2)3/h10-13,15-17H,1,4-5,8-9,14H2,2-3,6-7H3/b21-15-,22-17+,26-16+. The average molecular weight is 398 g/mol. The number of hydrogen-bond donors (Lipinski definition) is 0. The summed E-state index contributed by atoms with van der Waals surface area (Å²) in [5.41, 5.74) is 6.51. The molecular formula is C27H31N3. The van der Waals surface area contributed by atoms with E-state index in [-0.39, 0.29) is 0 Å². The average Bonchev–Trinajstić information content (AvgIpc) is 2.97. The first-order valence-electron chi connectivity index (χ1n) is 9.86. The Kier molecular flexibility index (Phi) is 7.48. The highest BCUT2D eigenvalue weighted by molar-refractivity contribution is 5.80.